The van der Waals surface area contributed by atoms with Crippen molar-refractivity contribution in [3.63, 3.8) is 0 Å². The van der Waals surface area contributed by atoms with E-state index in [1.165, 1.54) is 80.0 Å². The summed E-state index contributed by atoms with van der Waals surface area (Å²) < 4.78 is 0. The van der Waals surface area contributed by atoms with E-state index in [0.717, 1.165) is 17.8 Å². The Morgan fingerprint density at radius 2 is 0.867 bits per heavy atom. The fourth-order valence-electron chi connectivity index (χ4n) is 5.96. The van der Waals surface area contributed by atoms with Crippen molar-refractivity contribution in [2.45, 2.75) is 63.7 Å². The highest BCUT2D eigenvalue weighted by Gasteiger charge is 2.28. The van der Waals surface area contributed by atoms with Crippen molar-refractivity contribution in [2.24, 2.45) is 11.8 Å². The molecule has 2 fully saturated rings. The first kappa shape index (κ1) is 19.6. The summed E-state index contributed by atoms with van der Waals surface area (Å²) in [6.07, 6.45) is 13.2. The van der Waals surface area contributed by atoms with Crippen molar-refractivity contribution in [3.05, 3.63) is 84.4 Å². The lowest BCUT2D eigenvalue weighted by molar-refractivity contribution is 0.186. The van der Waals surface area contributed by atoms with Crippen molar-refractivity contribution in [1.29, 1.82) is 0 Å². The summed E-state index contributed by atoms with van der Waals surface area (Å²) in [5.41, 5.74) is 6.76. The maximum atomic E-state index is 2.39. The third-order valence-electron chi connectivity index (χ3n) is 7.80. The first-order valence-electron chi connectivity index (χ1n) is 12.1. The summed E-state index contributed by atoms with van der Waals surface area (Å²) in [6, 6.07) is 29.1. The van der Waals surface area contributed by atoms with Crippen LogP contribution in [0.5, 0.6) is 0 Å². The standard InChI is InChI=1S/C30H34/c1-3-7-23(8-4-1)25-11-15-27(16-12-25)29-19-21-30(22-20-29)28-17-13-26(14-18-28)24-9-5-2-6-10-24/h1,3-4,7-8,11-12,15-16,19-22,24,26,28H,2,5-6,9-10,13-14,17-18H2. The van der Waals surface area contributed by atoms with Crippen LogP contribution in [0.15, 0.2) is 78.9 Å². The van der Waals surface area contributed by atoms with Gasteiger partial charge in [0.1, 0.15) is 0 Å². The third-order valence-corrected chi connectivity index (χ3v) is 7.80. The van der Waals surface area contributed by atoms with Crippen molar-refractivity contribution < 1.29 is 0 Å². The third kappa shape index (κ3) is 4.38. The van der Waals surface area contributed by atoms with E-state index in [2.05, 4.69) is 78.9 Å². The fourth-order valence-corrected chi connectivity index (χ4v) is 5.96. The van der Waals surface area contributed by atoms with Gasteiger partial charge in [0, 0.05) is 0 Å². The highest BCUT2D eigenvalue weighted by Crippen LogP contribution is 2.43. The zero-order valence-corrected chi connectivity index (χ0v) is 18.1. The molecule has 0 radical (unpaired) electrons. The molecule has 3 aromatic rings. The van der Waals surface area contributed by atoms with E-state index in [1.807, 2.05) is 0 Å². The minimum absolute atomic E-state index is 0.777. The Morgan fingerprint density at radius 1 is 0.400 bits per heavy atom. The molecular formula is C30H34. The van der Waals surface area contributed by atoms with Gasteiger partial charge < -0.3 is 0 Å². The average molecular weight is 395 g/mol. The molecule has 0 spiro atoms. The average Bonchev–Trinajstić information content (AvgIpc) is 2.85. The molecule has 0 saturated heterocycles. The van der Waals surface area contributed by atoms with Crippen molar-refractivity contribution in [1.82, 2.24) is 0 Å². The summed E-state index contributed by atoms with van der Waals surface area (Å²) in [6.45, 7) is 0. The Kier molecular flexibility index (Phi) is 6.02. The van der Waals surface area contributed by atoms with Crippen LogP contribution in [0, 0.1) is 11.8 Å². The first-order chi connectivity index (χ1) is 14.9. The fraction of sp³-hybridized carbons (Fsp3) is 0.400. The summed E-state index contributed by atoms with van der Waals surface area (Å²) in [5, 5.41) is 0. The molecule has 0 aliphatic heterocycles. The van der Waals surface area contributed by atoms with Crippen LogP contribution in [0.4, 0.5) is 0 Å². The number of hydrogen-bond donors (Lipinski definition) is 0. The molecule has 0 N–H and O–H groups in total. The molecule has 5 rings (SSSR count). The lowest BCUT2D eigenvalue weighted by Crippen LogP contribution is -2.23. The predicted molar refractivity (Wildman–Crippen MR) is 129 cm³/mol. The lowest BCUT2D eigenvalue weighted by atomic mass is 9.70. The van der Waals surface area contributed by atoms with Gasteiger partial charge in [0.2, 0.25) is 0 Å². The maximum Gasteiger partial charge on any atom is -0.0162 e. The second-order valence-electron chi connectivity index (χ2n) is 9.58. The molecule has 0 bridgehead atoms. The summed E-state index contributed by atoms with van der Waals surface area (Å²) >= 11 is 0. The van der Waals surface area contributed by atoms with Crippen LogP contribution in [0.1, 0.15) is 69.3 Å². The van der Waals surface area contributed by atoms with E-state index >= 15 is 0 Å². The van der Waals surface area contributed by atoms with Crippen LogP contribution in [-0.4, -0.2) is 0 Å². The van der Waals surface area contributed by atoms with Gasteiger partial charge in [-0.3, -0.25) is 0 Å². The van der Waals surface area contributed by atoms with Crippen LogP contribution < -0.4 is 0 Å². The van der Waals surface area contributed by atoms with Gasteiger partial charge in [0.15, 0.2) is 0 Å². The molecule has 0 heteroatoms. The van der Waals surface area contributed by atoms with E-state index in [0.29, 0.717) is 0 Å². The largest absolute Gasteiger partial charge is 0.0622 e. The predicted octanol–water partition coefficient (Wildman–Crippen LogP) is 8.87. The molecule has 0 unspecified atom stereocenters. The van der Waals surface area contributed by atoms with Crippen LogP contribution in [0.25, 0.3) is 22.3 Å². The van der Waals surface area contributed by atoms with Crippen molar-refractivity contribution in [3.8, 4) is 22.3 Å². The first-order valence-corrected chi connectivity index (χ1v) is 12.1. The van der Waals surface area contributed by atoms with E-state index in [-0.39, 0.29) is 0 Å². The normalized spacial score (nSPS) is 22.7. The Balaban J connectivity index is 1.22. The van der Waals surface area contributed by atoms with E-state index in [4.69, 9.17) is 0 Å². The molecule has 0 nitrogen and oxygen atoms in total. The molecule has 30 heavy (non-hydrogen) atoms. The zero-order chi connectivity index (χ0) is 20.2. The lowest BCUT2D eigenvalue weighted by Gasteiger charge is -2.36. The van der Waals surface area contributed by atoms with Crippen LogP contribution >= 0.6 is 0 Å². The second-order valence-corrected chi connectivity index (χ2v) is 9.58. The van der Waals surface area contributed by atoms with Gasteiger partial charge in [-0.05, 0) is 71.3 Å². The van der Waals surface area contributed by atoms with Gasteiger partial charge in [-0.15, -0.1) is 0 Å². The number of benzene rings is 3. The Labute approximate surface area is 182 Å². The van der Waals surface area contributed by atoms with Gasteiger partial charge in [-0.25, -0.2) is 0 Å². The molecular weight excluding hydrogens is 360 g/mol. The van der Waals surface area contributed by atoms with E-state index < -0.39 is 0 Å². The van der Waals surface area contributed by atoms with Crippen LogP contribution in [0.3, 0.4) is 0 Å². The molecule has 2 aliphatic carbocycles. The van der Waals surface area contributed by atoms with Crippen molar-refractivity contribution in [2.75, 3.05) is 0 Å². The molecule has 2 saturated carbocycles. The zero-order valence-electron chi connectivity index (χ0n) is 18.1. The maximum absolute atomic E-state index is 2.39. The minimum Gasteiger partial charge on any atom is -0.0622 e. The molecule has 2 aliphatic rings. The van der Waals surface area contributed by atoms with Crippen LogP contribution in [-0.2, 0) is 0 Å². The summed E-state index contributed by atoms with van der Waals surface area (Å²) in [5.74, 6) is 2.84. The van der Waals surface area contributed by atoms with Gasteiger partial charge in [-0.2, -0.15) is 0 Å². The minimum atomic E-state index is 0.777. The molecule has 154 valence electrons. The second kappa shape index (κ2) is 9.21. The van der Waals surface area contributed by atoms with E-state index in [1.54, 1.807) is 5.56 Å². The van der Waals surface area contributed by atoms with E-state index in [9.17, 15) is 0 Å². The quantitative estimate of drug-likeness (QED) is 0.414. The van der Waals surface area contributed by atoms with Gasteiger partial charge in [-0.1, -0.05) is 111 Å². The smallest absolute Gasteiger partial charge is 0.0162 e. The highest BCUT2D eigenvalue weighted by molar-refractivity contribution is 5.70. The highest BCUT2D eigenvalue weighted by atomic mass is 14.3. The Bertz CT molecular complexity index is 906. The molecule has 0 heterocycles. The van der Waals surface area contributed by atoms with Gasteiger partial charge in [0.25, 0.3) is 0 Å². The summed E-state index contributed by atoms with van der Waals surface area (Å²) in [7, 11) is 0. The van der Waals surface area contributed by atoms with Gasteiger partial charge >= 0.3 is 0 Å². The van der Waals surface area contributed by atoms with Crippen LogP contribution in [0.2, 0.25) is 0 Å². The Morgan fingerprint density at radius 3 is 1.43 bits per heavy atom. The number of rotatable bonds is 4. The number of hydrogen-bond acceptors (Lipinski definition) is 0. The molecule has 0 amide bonds. The SMILES string of the molecule is c1ccc(-c2ccc(-c3ccc(C4CCC(C5CCCCC5)CC4)cc3)cc2)cc1. The van der Waals surface area contributed by atoms with Gasteiger partial charge in [0.05, 0.1) is 0 Å². The topological polar surface area (TPSA) is 0 Å². The molecule has 0 aromatic heterocycles. The van der Waals surface area contributed by atoms with Crippen molar-refractivity contribution >= 4 is 0 Å². The Hall–Kier alpha value is -2.34. The monoisotopic (exact) mass is 394 g/mol. The molecule has 3 aromatic carbocycles. The molecule has 0 atom stereocenters. The summed E-state index contributed by atoms with van der Waals surface area (Å²) in [4.78, 5) is 0.